The fourth-order valence-corrected chi connectivity index (χ4v) is 1.89. The van der Waals surface area contributed by atoms with Crippen LogP contribution in [-0.2, 0) is 11.2 Å². The van der Waals surface area contributed by atoms with Crippen molar-refractivity contribution in [2.24, 2.45) is 5.92 Å². The van der Waals surface area contributed by atoms with Crippen LogP contribution in [0.25, 0.3) is 0 Å². The molecule has 0 aliphatic rings. The summed E-state index contributed by atoms with van der Waals surface area (Å²) >= 11 is 3.43. The Kier molecular flexibility index (Phi) is 4.51. The van der Waals surface area contributed by atoms with Crippen LogP contribution in [0.5, 0.6) is 0 Å². The SMILES string of the molecule is CC(=O)CC(C#N)Cc1ccccc1Br. The summed E-state index contributed by atoms with van der Waals surface area (Å²) in [6, 6.07) is 9.94. The molecule has 1 aromatic rings. The van der Waals surface area contributed by atoms with E-state index in [-0.39, 0.29) is 11.7 Å². The monoisotopic (exact) mass is 265 g/mol. The van der Waals surface area contributed by atoms with Crippen LogP contribution >= 0.6 is 15.9 Å². The van der Waals surface area contributed by atoms with Crippen LogP contribution in [0.1, 0.15) is 18.9 Å². The van der Waals surface area contributed by atoms with Crippen LogP contribution in [0, 0.1) is 17.2 Å². The van der Waals surface area contributed by atoms with Gasteiger partial charge in [0.15, 0.2) is 0 Å². The number of halogens is 1. The van der Waals surface area contributed by atoms with Gasteiger partial charge in [0.1, 0.15) is 5.78 Å². The van der Waals surface area contributed by atoms with E-state index in [2.05, 4.69) is 22.0 Å². The molecule has 0 spiro atoms. The highest BCUT2D eigenvalue weighted by Crippen LogP contribution is 2.20. The van der Waals surface area contributed by atoms with Gasteiger partial charge in [-0.2, -0.15) is 5.26 Å². The van der Waals surface area contributed by atoms with E-state index in [0.717, 1.165) is 10.0 Å². The quantitative estimate of drug-likeness (QED) is 0.840. The number of hydrogen-bond donors (Lipinski definition) is 0. The molecule has 0 N–H and O–H groups in total. The van der Waals surface area contributed by atoms with Crippen molar-refractivity contribution >= 4 is 21.7 Å². The number of carbonyl (C=O) groups is 1. The molecule has 0 aromatic heterocycles. The van der Waals surface area contributed by atoms with E-state index in [0.29, 0.717) is 12.8 Å². The minimum atomic E-state index is -0.221. The Morgan fingerprint density at radius 3 is 2.73 bits per heavy atom. The van der Waals surface area contributed by atoms with Crippen molar-refractivity contribution in [1.29, 1.82) is 5.26 Å². The Morgan fingerprint density at radius 1 is 1.53 bits per heavy atom. The van der Waals surface area contributed by atoms with Gasteiger partial charge in [0.05, 0.1) is 12.0 Å². The molecular weight excluding hydrogens is 254 g/mol. The molecular formula is C12H12BrNO. The first kappa shape index (κ1) is 11.9. The Morgan fingerprint density at radius 2 is 2.20 bits per heavy atom. The van der Waals surface area contributed by atoms with Crippen molar-refractivity contribution in [2.75, 3.05) is 0 Å². The summed E-state index contributed by atoms with van der Waals surface area (Å²) in [5.41, 5.74) is 1.07. The second-order valence-corrected chi connectivity index (χ2v) is 4.38. The van der Waals surface area contributed by atoms with E-state index in [4.69, 9.17) is 5.26 Å². The molecule has 0 saturated carbocycles. The van der Waals surface area contributed by atoms with Crippen molar-refractivity contribution in [1.82, 2.24) is 0 Å². The molecule has 0 radical (unpaired) electrons. The fraction of sp³-hybridized carbons (Fsp3) is 0.333. The van der Waals surface area contributed by atoms with Crippen molar-refractivity contribution < 1.29 is 4.79 Å². The number of hydrogen-bond acceptors (Lipinski definition) is 2. The summed E-state index contributed by atoms with van der Waals surface area (Å²) in [5.74, 6) is -0.158. The molecule has 78 valence electrons. The van der Waals surface area contributed by atoms with Gasteiger partial charge in [0.2, 0.25) is 0 Å². The highest BCUT2D eigenvalue weighted by molar-refractivity contribution is 9.10. The zero-order chi connectivity index (χ0) is 11.3. The van der Waals surface area contributed by atoms with Gasteiger partial charge in [0.25, 0.3) is 0 Å². The average molecular weight is 266 g/mol. The lowest BCUT2D eigenvalue weighted by molar-refractivity contribution is -0.117. The van der Waals surface area contributed by atoms with Gasteiger partial charge in [-0.25, -0.2) is 0 Å². The summed E-state index contributed by atoms with van der Waals surface area (Å²) in [7, 11) is 0. The molecule has 0 aliphatic carbocycles. The number of nitrogens with zero attached hydrogens (tertiary/aromatic N) is 1. The van der Waals surface area contributed by atoms with E-state index in [1.54, 1.807) is 0 Å². The number of ketones is 1. The molecule has 0 fully saturated rings. The maximum Gasteiger partial charge on any atom is 0.131 e. The summed E-state index contributed by atoms with van der Waals surface area (Å²) < 4.78 is 0.994. The lowest BCUT2D eigenvalue weighted by Crippen LogP contribution is -2.07. The zero-order valence-electron chi connectivity index (χ0n) is 8.53. The van der Waals surface area contributed by atoms with Gasteiger partial charge in [-0.1, -0.05) is 34.1 Å². The minimum Gasteiger partial charge on any atom is -0.300 e. The zero-order valence-corrected chi connectivity index (χ0v) is 10.1. The molecule has 0 saturated heterocycles. The summed E-state index contributed by atoms with van der Waals surface area (Å²) in [4.78, 5) is 10.9. The molecule has 0 amide bonds. The van der Waals surface area contributed by atoms with E-state index in [1.165, 1.54) is 6.92 Å². The summed E-state index contributed by atoms with van der Waals surface area (Å²) in [6.45, 7) is 1.52. The highest BCUT2D eigenvalue weighted by atomic mass is 79.9. The lowest BCUT2D eigenvalue weighted by atomic mass is 9.96. The first-order valence-corrected chi connectivity index (χ1v) is 5.55. The highest BCUT2D eigenvalue weighted by Gasteiger charge is 2.12. The Bertz CT molecular complexity index is 395. The third-order valence-electron chi connectivity index (χ3n) is 2.14. The van der Waals surface area contributed by atoms with Crippen molar-refractivity contribution in [2.45, 2.75) is 19.8 Å². The first-order chi connectivity index (χ1) is 7.13. The Hall–Kier alpha value is -1.14. The normalized spacial score (nSPS) is 11.8. The maximum absolute atomic E-state index is 10.9. The molecule has 2 nitrogen and oxygen atoms in total. The third-order valence-corrected chi connectivity index (χ3v) is 2.91. The van der Waals surface area contributed by atoms with Crippen molar-refractivity contribution in [3.8, 4) is 6.07 Å². The van der Waals surface area contributed by atoms with E-state index in [1.807, 2.05) is 24.3 Å². The fourth-order valence-electron chi connectivity index (χ4n) is 1.44. The second-order valence-electron chi connectivity index (χ2n) is 3.53. The molecule has 0 aliphatic heterocycles. The van der Waals surface area contributed by atoms with Gasteiger partial charge in [0, 0.05) is 10.9 Å². The molecule has 1 atom stereocenters. The molecule has 3 heteroatoms. The predicted octanol–water partition coefficient (Wildman–Crippen LogP) is 3.11. The molecule has 0 heterocycles. The van der Waals surface area contributed by atoms with Gasteiger partial charge in [-0.15, -0.1) is 0 Å². The van der Waals surface area contributed by atoms with Crippen molar-refractivity contribution in [3.05, 3.63) is 34.3 Å². The third kappa shape index (κ3) is 3.85. The molecule has 1 aromatic carbocycles. The number of rotatable bonds is 4. The second kappa shape index (κ2) is 5.67. The molecule has 1 unspecified atom stereocenters. The summed E-state index contributed by atoms with van der Waals surface area (Å²) in [6.07, 6.45) is 0.954. The minimum absolute atomic E-state index is 0.0635. The van der Waals surface area contributed by atoms with Crippen LogP contribution in [0.3, 0.4) is 0 Å². The summed E-state index contributed by atoms with van der Waals surface area (Å²) in [5, 5.41) is 8.91. The molecule has 15 heavy (non-hydrogen) atoms. The molecule has 1 rings (SSSR count). The number of Topliss-reactive ketones (excluding diaryl/α,β-unsaturated/α-hetero) is 1. The lowest BCUT2D eigenvalue weighted by Gasteiger charge is -2.08. The van der Waals surface area contributed by atoms with Crippen LogP contribution in [0.15, 0.2) is 28.7 Å². The Balaban J connectivity index is 2.72. The number of benzene rings is 1. The van der Waals surface area contributed by atoms with Gasteiger partial charge < -0.3 is 0 Å². The van der Waals surface area contributed by atoms with Gasteiger partial charge in [-0.05, 0) is 25.0 Å². The van der Waals surface area contributed by atoms with Crippen molar-refractivity contribution in [3.63, 3.8) is 0 Å². The topological polar surface area (TPSA) is 40.9 Å². The maximum atomic E-state index is 10.9. The average Bonchev–Trinajstić information content (AvgIpc) is 2.19. The number of nitriles is 1. The van der Waals surface area contributed by atoms with E-state index < -0.39 is 0 Å². The largest absolute Gasteiger partial charge is 0.300 e. The predicted molar refractivity (Wildman–Crippen MR) is 62.2 cm³/mol. The molecule has 0 bridgehead atoms. The van der Waals surface area contributed by atoms with Crippen LogP contribution in [0.4, 0.5) is 0 Å². The number of carbonyl (C=O) groups excluding carboxylic acids is 1. The standard InChI is InChI=1S/C12H12BrNO/c1-9(15)6-10(8-14)7-11-4-2-3-5-12(11)13/h2-5,10H,6-7H2,1H3. The van der Waals surface area contributed by atoms with Crippen LogP contribution in [-0.4, -0.2) is 5.78 Å². The van der Waals surface area contributed by atoms with Gasteiger partial charge >= 0.3 is 0 Å². The Labute approximate surface area is 98.0 Å². The van der Waals surface area contributed by atoms with Gasteiger partial charge in [-0.3, -0.25) is 4.79 Å². The van der Waals surface area contributed by atoms with E-state index in [9.17, 15) is 4.79 Å². The van der Waals surface area contributed by atoms with E-state index >= 15 is 0 Å². The smallest absolute Gasteiger partial charge is 0.131 e. The van der Waals surface area contributed by atoms with Crippen LogP contribution in [0.2, 0.25) is 0 Å². The van der Waals surface area contributed by atoms with Crippen LogP contribution < -0.4 is 0 Å². The first-order valence-electron chi connectivity index (χ1n) is 4.76.